The molecule has 1 aromatic rings. The Kier molecular flexibility index (Phi) is 5.52. The molecule has 2 rings (SSSR count). The summed E-state index contributed by atoms with van der Waals surface area (Å²) in [5, 5.41) is 0. The third-order valence-corrected chi connectivity index (χ3v) is 4.49. The molecule has 0 aliphatic carbocycles. The smallest absolute Gasteiger partial charge is 0.257 e. The van der Waals surface area contributed by atoms with Gasteiger partial charge in [-0.2, -0.15) is 0 Å². The average Bonchev–Trinajstić information content (AvgIpc) is 2.69. The lowest BCUT2D eigenvalue weighted by atomic mass is 9.91. The Morgan fingerprint density at radius 3 is 2.67 bits per heavy atom. The first-order chi connectivity index (χ1) is 11.3. The summed E-state index contributed by atoms with van der Waals surface area (Å²) >= 11 is 0. The molecule has 0 aromatic heterocycles. The highest BCUT2D eigenvalue weighted by atomic mass is 16.2. The Morgan fingerprint density at radius 2 is 2.08 bits per heavy atom. The van der Waals surface area contributed by atoms with Gasteiger partial charge in [-0.1, -0.05) is 26.0 Å². The monoisotopic (exact) mass is 330 g/mol. The second kappa shape index (κ2) is 7.24. The fourth-order valence-corrected chi connectivity index (χ4v) is 3.41. The maximum absolute atomic E-state index is 12.8. The van der Waals surface area contributed by atoms with E-state index in [-0.39, 0.29) is 5.91 Å². The van der Waals surface area contributed by atoms with Gasteiger partial charge in [0, 0.05) is 25.3 Å². The van der Waals surface area contributed by atoms with Crippen LogP contribution in [0.15, 0.2) is 29.3 Å². The van der Waals surface area contributed by atoms with Crippen LogP contribution in [0.5, 0.6) is 0 Å². The van der Waals surface area contributed by atoms with Crippen LogP contribution in [0.4, 0.5) is 5.69 Å². The van der Waals surface area contributed by atoms with Gasteiger partial charge in [-0.05, 0) is 50.8 Å². The average molecular weight is 330 g/mol. The fourth-order valence-electron chi connectivity index (χ4n) is 3.41. The Balaban J connectivity index is 2.06. The SMILES string of the molecule is CCN(CCN1C(=O)C(C)(CC(C)C)N=C1N)c1cccc(C)c1. The second-order valence-corrected chi connectivity index (χ2v) is 7.22. The van der Waals surface area contributed by atoms with Gasteiger partial charge in [-0.15, -0.1) is 0 Å². The van der Waals surface area contributed by atoms with Crippen LogP contribution in [0.3, 0.4) is 0 Å². The van der Waals surface area contributed by atoms with Gasteiger partial charge in [0.15, 0.2) is 5.96 Å². The minimum absolute atomic E-state index is 0.0222. The highest BCUT2D eigenvalue weighted by molar-refractivity contribution is 6.06. The first-order valence-corrected chi connectivity index (χ1v) is 8.75. The molecule has 0 radical (unpaired) electrons. The number of aryl methyl sites for hydroxylation is 1. The summed E-state index contributed by atoms with van der Waals surface area (Å²) in [7, 11) is 0. The second-order valence-electron chi connectivity index (χ2n) is 7.22. The van der Waals surface area contributed by atoms with Crippen molar-refractivity contribution in [1.82, 2.24) is 4.90 Å². The van der Waals surface area contributed by atoms with Crippen LogP contribution < -0.4 is 10.6 Å². The molecule has 24 heavy (non-hydrogen) atoms. The van der Waals surface area contributed by atoms with Crippen LogP contribution in [0.25, 0.3) is 0 Å². The Labute approximate surface area is 145 Å². The van der Waals surface area contributed by atoms with E-state index < -0.39 is 5.54 Å². The molecule has 1 aromatic carbocycles. The van der Waals surface area contributed by atoms with E-state index in [2.05, 4.69) is 61.9 Å². The van der Waals surface area contributed by atoms with Gasteiger partial charge in [0.1, 0.15) is 5.54 Å². The van der Waals surface area contributed by atoms with Crippen molar-refractivity contribution in [2.75, 3.05) is 24.5 Å². The maximum atomic E-state index is 12.8. The maximum Gasteiger partial charge on any atom is 0.257 e. The molecule has 5 nitrogen and oxygen atoms in total. The van der Waals surface area contributed by atoms with E-state index in [1.165, 1.54) is 11.3 Å². The molecule has 1 aliphatic rings. The lowest BCUT2D eigenvalue weighted by molar-refractivity contribution is -0.131. The van der Waals surface area contributed by atoms with Crippen molar-refractivity contribution in [1.29, 1.82) is 0 Å². The molecule has 1 unspecified atom stereocenters. The van der Waals surface area contributed by atoms with E-state index in [1.807, 2.05) is 6.92 Å². The van der Waals surface area contributed by atoms with Crippen LogP contribution in [0, 0.1) is 12.8 Å². The van der Waals surface area contributed by atoms with Crippen LogP contribution >= 0.6 is 0 Å². The minimum atomic E-state index is -0.710. The summed E-state index contributed by atoms with van der Waals surface area (Å²) in [4.78, 5) is 21.1. The van der Waals surface area contributed by atoms with Crippen molar-refractivity contribution in [3.63, 3.8) is 0 Å². The van der Waals surface area contributed by atoms with Crippen molar-refractivity contribution in [3.8, 4) is 0 Å². The topological polar surface area (TPSA) is 61.9 Å². The summed E-state index contributed by atoms with van der Waals surface area (Å²) in [6.07, 6.45) is 0.721. The first kappa shape index (κ1) is 18.3. The van der Waals surface area contributed by atoms with E-state index >= 15 is 0 Å². The van der Waals surface area contributed by atoms with Crippen LogP contribution in [-0.4, -0.2) is 41.9 Å². The predicted octanol–water partition coefficient (Wildman–Crippen LogP) is 2.78. The van der Waals surface area contributed by atoms with Crippen LogP contribution in [0.2, 0.25) is 0 Å². The zero-order chi connectivity index (χ0) is 17.9. The summed E-state index contributed by atoms with van der Waals surface area (Å²) in [6.45, 7) is 12.5. The number of anilines is 1. The normalized spacial score (nSPS) is 20.7. The first-order valence-electron chi connectivity index (χ1n) is 8.75. The molecule has 0 bridgehead atoms. The van der Waals surface area contributed by atoms with Crippen molar-refractivity contribution in [3.05, 3.63) is 29.8 Å². The molecule has 0 fully saturated rings. The number of hydrogen-bond donors (Lipinski definition) is 1. The van der Waals surface area contributed by atoms with E-state index in [0.717, 1.165) is 19.5 Å². The van der Waals surface area contributed by atoms with Gasteiger partial charge in [-0.3, -0.25) is 9.69 Å². The number of hydrogen-bond acceptors (Lipinski definition) is 4. The number of benzene rings is 1. The number of rotatable bonds is 7. The lowest BCUT2D eigenvalue weighted by Crippen LogP contribution is -2.46. The highest BCUT2D eigenvalue weighted by Crippen LogP contribution is 2.28. The zero-order valence-electron chi connectivity index (χ0n) is 15.5. The third-order valence-electron chi connectivity index (χ3n) is 4.49. The van der Waals surface area contributed by atoms with Crippen molar-refractivity contribution in [2.24, 2.45) is 16.6 Å². The molecule has 0 spiro atoms. The van der Waals surface area contributed by atoms with E-state index in [0.29, 0.717) is 18.4 Å². The molecule has 1 atom stereocenters. The van der Waals surface area contributed by atoms with Gasteiger partial charge in [0.05, 0.1) is 0 Å². The molecule has 5 heteroatoms. The summed E-state index contributed by atoms with van der Waals surface area (Å²) in [6, 6.07) is 8.41. The quantitative estimate of drug-likeness (QED) is 0.836. The number of nitrogens with zero attached hydrogens (tertiary/aromatic N) is 3. The number of carbonyl (C=O) groups excluding carboxylic acids is 1. The largest absolute Gasteiger partial charge is 0.370 e. The van der Waals surface area contributed by atoms with Gasteiger partial charge in [0.2, 0.25) is 0 Å². The number of nitrogens with two attached hydrogens (primary N) is 1. The Hall–Kier alpha value is -2.04. The minimum Gasteiger partial charge on any atom is -0.370 e. The molecule has 2 N–H and O–H groups in total. The van der Waals surface area contributed by atoms with E-state index in [4.69, 9.17) is 5.73 Å². The summed E-state index contributed by atoms with van der Waals surface area (Å²) in [5.74, 6) is 0.771. The molecule has 132 valence electrons. The summed E-state index contributed by atoms with van der Waals surface area (Å²) in [5.41, 5.74) is 7.74. The lowest BCUT2D eigenvalue weighted by Gasteiger charge is -2.28. The van der Waals surface area contributed by atoms with Crippen molar-refractivity contribution in [2.45, 2.75) is 46.6 Å². The Morgan fingerprint density at radius 1 is 1.38 bits per heavy atom. The van der Waals surface area contributed by atoms with Gasteiger partial charge in [0.25, 0.3) is 5.91 Å². The molecular weight excluding hydrogens is 300 g/mol. The van der Waals surface area contributed by atoms with Gasteiger partial charge >= 0.3 is 0 Å². The Bertz CT molecular complexity index is 626. The third kappa shape index (κ3) is 3.89. The predicted molar refractivity (Wildman–Crippen MR) is 100 cm³/mol. The van der Waals surface area contributed by atoms with Crippen LogP contribution in [-0.2, 0) is 4.79 Å². The number of guanidine groups is 1. The number of likely N-dealkylation sites (N-methyl/N-ethyl adjacent to an activating group) is 1. The standard InChI is InChI=1S/C19H30N4O/c1-6-22(16-9-7-8-15(4)12-16)10-11-23-17(24)19(5,13-14(2)3)21-18(23)20/h7-9,12,14H,6,10-11,13H2,1-5H3,(H2,20,21). The molecule has 1 amide bonds. The molecule has 0 saturated heterocycles. The van der Waals surface area contributed by atoms with E-state index in [9.17, 15) is 4.79 Å². The van der Waals surface area contributed by atoms with Crippen molar-refractivity contribution < 1.29 is 4.79 Å². The molecule has 1 heterocycles. The number of carbonyl (C=O) groups is 1. The summed E-state index contributed by atoms with van der Waals surface area (Å²) < 4.78 is 0. The number of aliphatic imine (C=N–C) groups is 1. The van der Waals surface area contributed by atoms with E-state index in [1.54, 1.807) is 4.90 Å². The highest BCUT2D eigenvalue weighted by Gasteiger charge is 2.43. The fraction of sp³-hybridized carbons (Fsp3) is 0.579. The van der Waals surface area contributed by atoms with Crippen molar-refractivity contribution >= 4 is 17.6 Å². The van der Waals surface area contributed by atoms with Gasteiger partial charge in [-0.25, -0.2) is 4.99 Å². The zero-order valence-corrected chi connectivity index (χ0v) is 15.5. The van der Waals surface area contributed by atoms with Crippen LogP contribution in [0.1, 0.15) is 39.7 Å². The molecule has 0 saturated carbocycles. The molecule has 1 aliphatic heterocycles. The number of amides is 1. The van der Waals surface area contributed by atoms with Gasteiger partial charge < -0.3 is 10.6 Å². The molecular formula is C19H30N4O.